The van der Waals surface area contributed by atoms with Crippen molar-refractivity contribution in [3.63, 3.8) is 0 Å². The van der Waals surface area contributed by atoms with Gasteiger partial charge in [0.1, 0.15) is 12.6 Å². The SMILES string of the molecule is CCNC(=O)CN(C)C(=O)NC(CC(=O)O)C(=O)O. The summed E-state index contributed by atoms with van der Waals surface area (Å²) in [5, 5.41) is 21.7. The lowest BCUT2D eigenvalue weighted by Crippen LogP contribution is -2.49. The molecule has 108 valence electrons. The van der Waals surface area contributed by atoms with E-state index in [2.05, 4.69) is 5.32 Å². The van der Waals surface area contributed by atoms with Crippen molar-refractivity contribution in [3.8, 4) is 0 Å². The first-order chi connectivity index (χ1) is 8.77. The van der Waals surface area contributed by atoms with Crippen molar-refractivity contribution < 1.29 is 29.4 Å². The van der Waals surface area contributed by atoms with Gasteiger partial charge in [0.25, 0.3) is 0 Å². The molecule has 0 fully saturated rings. The Bertz CT molecular complexity index is 370. The largest absolute Gasteiger partial charge is 0.481 e. The molecule has 0 bridgehead atoms. The Balaban J connectivity index is 4.42. The number of likely N-dealkylation sites (N-methyl/N-ethyl adjacent to an activating group) is 2. The van der Waals surface area contributed by atoms with Crippen molar-refractivity contribution >= 4 is 23.9 Å². The molecule has 0 aromatic heterocycles. The number of hydrogen-bond acceptors (Lipinski definition) is 4. The number of carbonyl (C=O) groups is 4. The lowest BCUT2D eigenvalue weighted by Gasteiger charge is -2.20. The number of carboxylic acid groups (broad SMARTS) is 2. The molecular weight excluding hydrogens is 258 g/mol. The number of carbonyl (C=O) groups excluding carboxylic acids is 2. The van der Waals surface area contributed by atoms with Crippen LogP contribution in [0.3, 0.4) is 0 Å². The van der Waals surface area contributed by atoms with Crippen molar-refractivity contribution in [2.45, 2.75) is 19.4 Å². The number of nitrogens with one attached hydrogen (secondary N) is 2. The Labute approximate surface area is 109 Å². The summed E-state index contributed by atoms with van der Waals surface area (Å²) in [6.07, 6.45) is -0.740. The van der Waals surface area contributed by atoms with Crippen molar-refractivity contribution in [1.82, 2.24) is 15.5 Å². The van der Waals surface area contributed by atoms with Crippen LogP contribution < -0.4 is 10.6 Å². The molecule has 0 radical (unpaired) electrons. The van der Waals surface area contributed by atoms with E-state index in [1.54, 1.807) is 6.92 Å². The van der Waals surface area contributed by atoms with Crippen LogP contribution >= 0.6 is 0 Å². The molecule has 1 atom stereocenters. The van der Waals surface area contributed by atoms with E-state index in [1.165, 1.54) is 7.05 Å². The monoisotopic (exact) mass is 275 g/mol. The minimum atomic E-state index is -1.54. The number of aliphatic carboxylic acids is 2. The Morgan fingerprint density at radius 2 is 1.79 bits per heavy atom. The molecule has 1 unspecified atom stereocenters. The van der Waals surface area contributed by atoms with Gasteiger partial charge in [-0.25, -0.2) is 9.59 Å². The average Bonchev–Trinajstić information content (AvgIpc) is 2.27. The molecular formula is C10H17N3O6. The van der Waals surface area contributed by atoms with Gasteiger partial charge < -0.3 is 25.7 Å². The van der Waals surface area contributed by atoms with Crippen LogP contribution in [0.2, 0.25) is 0 Å². The number of urea groups is 1. The molecule has 0 rings (SSSR count). The maximum atomic E-state index is 11.6. The minimum Gasteiger partial charge on any atom is -0.481 e. The van der Waals surface area contributed by atoms with E-state index in [4.69, 9.17) is 10.2 Å². The van der Waals surface area contributed by atoms with Crippen molar-refractivity contribution in [2.24, 2.45) is 0 Å². The van der Waals surface area contributed by atoms with Gasteiger partial charge in [-0.2, -0.15) is 0 Å². The summed E-state index contributed by atoms with van der Waals surface area (Å²) < 4.78 is 0. The third-order valence-corrected chi connectivity index (χ3v) is 2.08. The van der Waals surface area contributed by atoms with Gasteiger partial charge in [-0.3, -0.25) is 9.59 Å². The van der Waals surface area contributed by atoms with E-state index in [0.29, 0.717) is 6.54 Å². The van der Waals surface area contributed by atoms with Crippen molar-refractivity contribution in [2.75, 3.05) is 20.1 Å². The third-order valence-electron chi connectivity index (χ3n) is 2.08. The molecule has 0 saturated heterocycles. The molecule has 4 N–H and O–H groups in total. The third kappa shape index (κ3) is 6.86. The van der Waals surface area contributed by atoms with Crippen LogP contribution in [0.1, 0.15) is 13.3 Å². The van der Waals surface area contributed by atoms with E-state index in [1.807, 2.05) is 5.32 Å². The summed E-state index contributed by atoms with van der Waals surface area (Å²) in [4.78, 5) is 44.9. The predicted octanol–water partition coefficient (Wildman–Crippen LogP) is -1.31. The lowest BCUT2D eigenvalue weighted by atomic mass is 10.2. The normalized spacial score (nSPS) is 11.3. The van der Waals surface area contributed by atoms with Gasteiger partial charge in [-0.15, -0.1) is 0 Å². The fourth-order valence-electron chi connectivity index (χ4n) is 1.17. The van der Waals surface area contributed by atoms with Crippen LogP contribution in [0.4, 0.5) is 4.79 Å². The predicted molar refractivity (Wildman–Crippen MR) is 63.5 cm³/mol. The van der Waals surface area contributed by atoms with Gasteiger partial charge in [0.15, 0.2) is 0 Å². The Hall–Kier alpha value is -2.32. The van der Waals surface area contributed by atoms with E-state index < -0.39 is 36.3 Å². The fraction of sp³-hybridized carbons (Fsp3) is 0.600. The first kappa shape index (κ1) is 16.7. The highest BCUT2D eigenvalue weighted by Gasteiger charge is 2.24. The molecule has 0 aromatic carbocycles. The molecule has 0 spiro atoms. The zero-order valence-electron chi connectivity index (χ0n) is 10.7. The maximum Gasteiger partial charge on any atom is 0.326 e. The van der Waals surface area contributed by atoms with Crippen LogP contribution in [-0.2, 0) is 14.4 Å². The molecule has 0 heterocycles. The topological polar surface area (TPSA) is 136 Å². The molecule has 9 heteroatoms. The summed E-state index contributed by atoms with van der Waals surface area (Å²) in [5.41, 5.74) is 0. The van der Waals surface area contributed by atoms with Crippen LogP contribution in [-0.4, -0.2) is 65.2 Å². The van der Waals surface area contributed by atoms with Crippen molar-refractivity contribution in [1.29, 1.82) is 0 Å². The van der Waals surface area contributed by atoms with Gasteiger partial charge in [-0.1, -0.05) is 0 Å². The van der Waals surface area contributed by atoms with E-state index in [9.17, 15) is 19.2 Å². The molecule has 9 nitrogen and oxygen atoms in total. The zero-order valence-corrected chi connectivity index (χ0v) is 10.7. The lowest BCUT2D eigenvalue weighted by molar-refractivity contribution is -0.145. The number of hydrogen-bond donors (Lipinski definition) is 4. The second kappa shape index (κ2) is 7.90. The molecule has 19 heavy (non-hydrogen) atoms. The summed E-state index contributed by atoms with van der Waals surface area (Å²) in [5.74, 6) is -3.20. The number of amides is 3. The summed E-state index contributed by atoms with van der Waals surface area (Å²) in [6, 6.07) is -2.37. The summed E-state index contributed by atoms with van der Waals surface area (Å²) in [6.45, 7) is 1.87. The van der Waals surface area contributed by atoms with Gasteiger partial charge in [-0.05, 0) is 6.92 Å². The summed E-state index contributed by atoms with van der Waals surface area (Å²) in [7, 11) is 1.30. The van der Waals surface area contributed by atoms with E-state index in [0.717, 1.165) is 4.90 Å². The van der Waals surface area contributed by atoms with Gasteiger partial charge >= 0.3 is 18.0 Å². The minimum absolute atomic E-state index is 0.251. The Morgan fingerprint density at radius 1 is 1.21 bits per heavy atom. The standard InChI is InChI=1S/C10H17N3O6/c1-3-11-7(14)5-13(2)10(19)12-6(9(17)18)4-8(15)16/h6H,3-5H2,1-2H3,(H,11,14)(H,12,19)(H,15,16)(H,17,18). The highest BCUT2D eigenvalue weighted by molar-refractivity contribution is 5.88. The quantitative estimate of drug-likeness (QED) is 0.455. The molecule has 0 aliphatic carbocycles. The Morgan fingerprint density at radius 3 is 2.21 bits per heavy atom. The first-order valence-corrected chi connectivity index (χ1v) is 5.50. The second-order valence-electron chi connectivity index (χ2n) is 3.75. The van der Waals surface area contributed by atoms with Crippen LogP contribution in [0, 0.1) is 0 Å². The van der Waals surface area contributed by atoms with E-state index >= 15 is 0 Å². The van der Waals surface area contributed by atoms with Crippen LogP contribution in [0.5, 0.6) is 0 Å². The summed E-state index contributed by atoms with van der Waals surface area (Å²) >= 11 is 0. The highest BCUT2D eigenvalue weighted by atomic mass is 16.4. The first-order valence-electron chi connectivity index (χ1n) is 5.50. The van der Waals surface area contributed by atoms with Gasteiger partial charge in [0.05, 0.1) is 6.42 Å². The second-order valence-corrected chi connectivity index (χ2v) is 3.75. The number of carboxylic acids is 2. The van der Waals surface area contributed by atoms with Crippen molar-refractivity contribution in [3.05, 3.63) is 0 Å². The van der Waals surface area contributed by atoms with Gasteiger partial charge in [0, 0.05) is 13.6 Å². The average molecular weight is 275 g/mol. The molecule has 0 aliphatic heterocycles. The van der Waals surface area contributed by atoms with E-state index in [-0.39, 0.29) is 6.54 Å². The fourth-order valence-corrected chi connectivity index (χ4v) is 1.17. The van der Waals surface area contributed by atoms with Gasteiger partial charge in [0.2, 0.25) is 5.91 Å². The maximum absolute atomic E-state index is 11.6. The number of rotatable bonds is 7. The molecule has 0 aromatic rings. The Kier molecular flexibility index (Phi) is 6.94. The zero-order chi connectivity index (χ0) is 15.0. The number of nitrogens with zero attached hydrogens (tertiary/aromatic N) is 1. The van der Waals surface area contributed by atoms with Crippen LogP contribution in [0.25, 0.3) is 0 Å². The smallest absolute Gasteiger partial charge is 0.326 e. The molecule has 0 saturated carbocycles. The highest BCUT2D eigenvalue weighted by Crippen LogP contribution is 1.95. The van der Waals surface area contributed by atoms with Crippen LogP contribution in [0.15, 0.2) is 0 Å². The molecule has 3 amide bonds. The molecule has 0 aliphatic rings.